The van der Waals surface area contributed by atoms with E-state index in [1.54, 1.807) is 21.3 Å². The lowest BCUT2D eigenvalue weighted by Gasteiger charge is -2.20. The Morgan fingerprint density at radius 2 is 1.75 bits per heavy atom. The second-order valence-corrected chi connectivity index (χ2v) is 8.36. The Kier molecular flexibility index (Phi) is 8.75. The number of aliphatic imine (C=N–C) groups is 2. The number of rotatable bonds is 10. The average molecular weight is 491 g/mol. The number of amidine groups is 2. The molecular weight excluding hydrogens is 456 g/mol. The number of nitrogens with zero attached hydrogens (tertiary/aromatic N) is 3. The van der Waals surface area contributed by atoms with Gasteiger partial charge in [-0.15, -0.1) is 0 Å². The van der Waals surface area contributed by atoms with Gasteiger partial charge in [0.2, 0.25) is 5.75 Å². The van der Waals surface area contributed by atoms with Crippen molar-refractivity contribution in [3.05, 3.63) is 77.3 Å². The topological polar surface area (TPSA) is 120 Å². The Morgan fingerprint density at radius 3 is 2.36 bits per heavy atom. The minimum Gasteiger partial charge on any atom is -0.493 e. The quantitative estimate of drug-likeness (QED) is 0.435. The lowest BCUT2D eigenvalue weighted by Crippen LogP contribution is -2.17. The van der Waals surface area contributed by atoms with E-state index in [1.165, 1.54) is 0 Å². The first-order valence-corrected chi connectivity index (χ1v) is 11.3. The number of benzene rings is 2. The smallest absolute Gasteiger partial charge is 0.203 e. The third-order valence-electron chi connectivity index (χ3n) is 5.40. The molecule has 190 valence electrons. The summed E-state index contributed by atoms with van der Waals surface area (Å²) in [4.78, 5) is 10.7. The van der Waals surface area contributed by atoms with E-state index in [0.717, 1.165) is 34.8 Å². The lowest BCUT2D eigenvalue weighted by molar-refractivity contribution is 0.309. The molecule has 1 heterocycles. The highest BCUT2D eigenvalue weighted by Gasteiger charge is 2.15. The van der Waals surface area contributed by atoms with Crippen LogP contribution in [0.2, 0.25) is 0 Å². The van der Waals surface area contributed by atoms with Crippen molar-refractivity contribution >= 4 is 23.4 Å². The van der Waals surface area contributed by atoms with E-state index in [2.05, 4.69) is 39.9 Å². The molecule has 9 nitrogen and oxygen atoms in total. The summed E-state index contributed by atoms with van der Waals surface area (Å²) in [6.45, 7) is 6.89. The van der Waals surface area contributed by atoms with E-state index in [4.69, 9.17) is 25.7 Å². The van der Waals surface area contributed by atoms with Crippen LogP contribution in [0.3, 0.4) is 0 Å². The Balaban J connectivity index is 1.73. The van der Waals surface area contributed by atoms with E-state index in [1.807, 2.05) is 49.4 Å². The molecule has 0 radical (unpaired) electrons. The van der Waals surface area contributed by atoms with Crippen LogP contribution in [0.25, 0.3) is 6.08 Å². The molecule has 0 atom stereocenters. The van der Waals surface area contributed by atoms with Gasteiger partial charge in [-0.25, -0.2) is 9.98 Å². The number of hydrogen-bond acceptors (Lipinski definition) is 8. The molecule has 9 heteroatoms. The van der Waals surface area contributed by atoms with Gasteiger partial charge in [-0.05, 0) is 61.0 Å². The molecule has 36 heavy (non-hydrogen) atoms. The summed E-state index contributed by atoms with van der Waals surface area (Å²) in [6, 6.07) is 9.95. The van der Waals surface area contributed by atoms with Crippen molar-refractivity contribution in [2.75, 3.05) is 34.1 Å². The fourth-order valence-corrected chi connectivity index (χ4v) is 3.86. The molecule has 0 bridgehead atoms. The van der Waals surface area contributed by atoms with Crippen molar-refractivity contribution in [2.24, 2.45) is 15.7 Å². The van der Waals surface area contributed by atoms with Crippen molar-refractivity contribution in [3.63, 3.8) is 0 Å². The zero-order chi connectivity index (χ0) is 26.2. The van der Waals surface area contributed by atoms with Crippen LogP contribution in [-0.4, -0.2) is 44.9 Å². The predicted octanol–water partition coefficient (Wildman–Crippen LogP) is 3.67. The van der Waals surface area contributed by atoms with E-state index >= 15 is 0 Å². The summed E-state index contributed by atoms with van der Waals surface area (Å²) in [6.07, 6.45) is 5.74. The van der Waals surface area contributed by atoms with E-state index in [-0.39, 0.29) is 5.82 Å². The van der Waals surface area contributed by atoms with Gasteiger partial charge in [0.05, 0.1) is 27.0 Å². The van der Waals surface area contributed by atoms with Crippen LogP contribution in [0, 0.1) is 0 Å². The van der Waals surface area contributed by atoms with E-state index in [0.29, 0.717) is 35.3 Å². The zero-order valence-electron chi connectivity index (χ0n) is 21.5. The molecule has 3 rings (SSSR count). The first kappa shape index (κ1) is 26.4. The number of nitrogens with two attached hydrogens (primary N) is 2. The number of allylic oxidation sites excluding steroid dienone is 2. The van der Waals surface area contributed by atoms with Gasteiger partial charge in [0, 0.05) is 18.8 Å². The molecule has 1 aliphatic rings. The minimum absolute atomic E-state index is 0.202. The van der Waals surface area contributed by atoms with Crippen LogP contribution >= 0.6 is 0 Å². The molecule has 0 amide bonds. The van der Waals surface area contributed by atoms with Gasteiger partial charge in [0.1, 0.15) is 11.7 Å². The standard InChI is InChI=1S/C27H34N6O3/c1-17(28)30-27-23(31-18(2)32-27)9-7-8-21-12-19(10-11-22(21)29)15-33(3)16-20-13-24(34-4)26(36-6)25(14-20)35-5/h7-14H,1,15-16,28-29H2,2-6H3,(H,30,31,32)/b8-7+,23-9-. The fourth-order valence-electron chi connectivity index (χ4n) is 3.86. The highest BCUT2D eigenvalue weighted by molar-refractivity contribution is 6.13. The van der Waals surface area contributed by atoms with Crippen molar-refractivity contribution in [2.45, 2.75) is 20.0 Å². The second-order valence-electron chi connectivity index (χ2n) is 8.36. The molecule has 0 saturated heterocycles. The molecule has 2 aromatic rings. The minimum atomic E-state index is 0.202. The summed E-state index contributed by atoms with van der Waals surface area (Å²) in [7, 11) is 6.88. The first-order valence-electron chi connectivity index (χ1n) is 11.3. The molecule has 1 aliphatic heterocycles. The number of anilines is 1. The van der Waals surface area contributed by atoms with Gasteiger partial charge in [-0.3, -0.25) is 4.90 Å². The molecular formula is C27H34N6O3. The number of nitrogens with one attached hydrogen (secondary N) is 1. The predicted molar refractivity (Wildman–Crippen MR) is 146 cm³/mol. The zero-order valence-corrected chi connectivity index (χ0v) is 21.5. The lowest BCUT2D eigenvalue weighted by atomic mass is 10.1. The van der Waals surface area contributed by atoms with Crippen LogP contribution in [0.5, 0.6) is 17.2 Å². The second kappa shape index (κ2) is 11.9. The largest absolute Gasteiger partial charge is 0.493 e. The van der Waals surface area contributed by atoms with Crippen molar-refractivity contribution < 1.29 is 14.2 Å². The SMILES string of the molecule is C=C(N)/N=C1/N=C(C)N/C1=C\C=C\c1cc(CN(C)Cc2cc(OC)c(OC)c(OC)c2)ccc1N. The Labute approximate surface area is 212 Å². The number of nitrogen functional groups attached to an aromatic ring is 1. The van der Waals surface area contributed by atoms with Gasteiger partial charge >= 0.3 is 0 Å². The highest BCUT2D eigenvalue weighted by Crippen LogP contribution is 2.38. The molecule has 5 N–H and O–H groups in total. The average Bonchev–Trinajstić information content (AvgIpc) is 3.18. The van der Waals surface area contributed by atoms with E-state index in [9.17, 15) is 0 Å². The van der Waals surface area contributed by atoms with Crippen LogP contribution in [0.1, 0.15) is 23.6 Å². The third-order valence-corrected chi connectivity index (χ3v) is 5.40. The summed E-state index contributed by atoms with van der Waals surface area (Å²) in [5.41, 5.74) is 16.4. The van der Waals surface area contributed by atoms with E-state index < -0.39 is 0 Å². The molecule has 0 saturated carbocycles. The number of methoxy groups -OCH3 is 3. The molecule has 0 fully saturated rings. The van der Waals surface area contributed by atoms with Gasteiger partial charge in [0.15, 0.2) is 17.3 Å². The Bertz CT molecular complexity index is 1220. The molecule has 0 unspecified atom stereocenters. The number of ether oxygens (including phenoxy) is 3. The van der Waals surface area contributed by atoms with Crippen LogP contribution in [0.15, 0.2) is 70.6 Å². The summed E-state index contributed by atoms with van der Waals surface area (Å²) < 4.78 is 16.4. The summed E-state index contributed by atoms with van der Waals surface area (Å²) >= 11 is 0. The maximum atomic E-state index is 6.23. The summed E-state index contributed by atoms with van der Waals surface area (Å²) in [5.74, 6) is 3.29. The van der Waals surface area contributed by atoms with Crippen LogP contribution < -0.4 is 31.0 Å². The van der Waals surface area contributed by atoms with Gasteiger partial charge in [-0.2, -0.15) is 0 Å². The molecule has 0 spiro atoms. The van der Waals surface area contributed by atoms with Crippen molar-refractivity contribution in [1.82, 2.24) is 10.2 Å². The Hall–Kier alpha value is -4.24. The monoisotopic (exact) mass is 490 g/mol. The fraction of sp³-hybridized carbons (Fsp3) is 0.259. The van der Waals surface area contributed by atoms with Crippen molar-refractivity contribution in [1.29, 1.82) is 0 Å². The maximum absolute atomic E-state index is 6.23. The number of hydrogen-bond donors (Lipinski definition) is 3. The molecule has 0 aliphatic carbocycles. The third kappa shape index (κ3) is 6.67. The van der Waals surface area contributed by atoms with Crippen molar-refractivity contribution in [3.8, 4) is 17.2 Å². The molecule has 2 aromatic carbocycles. The highest BCUT2D eigenvalue weighted by atomic mass is 16.5. The molecule has 0 aromatic heterocycles. The van der Waals surface area contributed by atoms with Gasteiger partial charge < -0.3 is 31.0 Å². The first-order chi connectivity index (χ1) is 17.2. The van der Waals surface area contributed by atoms with Crippen LogP contribution in [0.4, 0.5) is 5.69 Å². The Morgan fingerprint density at radius 1 is 1.08 bits per heavy atom. The maximum Gasteiger partial charge on any atom is 0.203 e. The summed E-state index contributed by atoms with van der Waals surface area (Å²) in [5, 5.41) is 3.16. The van der Waals surface area contributed by atoms with Gasteiger partial charge in [0.25, 0.3) is 0 Å². The normalized spacial score (nSPS) is 15.4. The van der Waals surface area contributed by atoms with Crippen LogP contribution in [-0.2, 0) is 13.1 Å². The van der Waals surface area contributed by atoms with Gasteiger partial charge in [-0.1, -0.05) is 24.8 Å².